The minimum Gasteiger partial charge on any atom is -0.343 e. The molecule has 2 aromatic carbocycles. The van der Waals surface area contributed by atoms with Crippen LogP contribution in [0.4, 0.5) is 5.69 Å². The number of carbonyl (C=O) groups is 2. The van der Waals surface area contributed by atoms with Gasteiger partial charge in [-0.1, -0.05) is 0 Å². The Morgan fingerprint density at radius 1 is 0.871 bits per heavy atom. The summed E-state index contributed by atoms with van der Waals surface area (Å²) in [7, 11) is 0. The van der Waals surface area contributed by atoms with Crippen LogP contribution in [0.5, 0.6) is 0 Å². The Balaban J connectivity index is 1.31. The summed E-state index contributed by atoms with van der Waals surface area (Å²) in [6.45, 7) is 3.95. The van der Waals surface area contributed by atoms with Crippen LogP contribution in [-0.2, 0) is 4.79 Å². The molecule has 0 spiro atoms. The first-order valence-electron chi connectivity index (χ1n) is 9.80. The maximum absolute atomic E-state index is 12.4. The van der Waals surface area contributed by atoms with Crippen molar-refractivity contribution in [2.75, 3.05) is 11.9 Å². The molecule has 2 N–H and O–H groups in total. The molecule has 31 heavy (non-hydrogen) atoms. The van der Waals surface area contributed by atoms with E-state index < -0.39 is 0 Å². The number of amides is 2. The van der Waals surface area contributed by atoms with E-state index in [0.717, 1.165) is 22.8 Å². The van der Waals surface area contributed by atoms with Gasteiger partial charge in [-0.25, -0.2) is 9.67 Å². The Hall–Kier alpha value is -4.20. The summed E-state index contributed by atoms with van der Waals surface area (Å²) in [5.74, 6) is -0.610. The maximum atomic E-state index is 12.4. The van der Waals surface area contributed by atoms with E-state index in [1.54, 1.807) is 35.3 Å². The molecule has 0 saturated carbocycles. The molecular formula is C23H22N6O2. The van der Waals surface area contributed by atoms with E-state index in [2.05, 4.69) is 37.4 Å². The molecule has 0 aliphatic carbocycles. The fourth-order valence-corrected chi connectivity index (χ4v) is 3.34. The third kappa shape index (κ3) is 4.53. The molecule has 0 fully saturated rings. The number of nitrogens with zero attached hydrogens (tertiary/aromatic N) is 4. The van der Waals surface area contributed by atoms with Gasteiger partial charge in [-0.2, -0.15) is 5.10 Å². The molecule has 8 nitrogen and oxygen atoms in total. The van der Waals surface area contributed by atoms with Crippen molar-refractivity contribution >= 4 is 17.5 Å². The lowest BCUT2D eigenvalue weighted by Crippen LogP contribution is -2.32. The van der Waals surface area contributed by atoms with E-state index >= 15 is 0 Å². The largest absolute Gasteiger partial charge is 0.343 e. The molecule has 4 aromatic rings. The standard InChI is InChI=1S/C23H22N6O2/c1-16-3-4-17(2)29(16)21-9-5-18(6-10-21)23(31)25-13-22(30)27-19-7-11-20(12-8-19)28-15-24-14-26-28/h3-12,14-15H,13H2,1-2H3,(H,25,31)(H,27,30). The normalized spacial score (nSPS) is 10.6. The SMILES string of the molecule is Cc1ccc(C)n1-c1ccc(C(=O)NCC(=O)Nc2ccc(-n3cncn3)cc2)cc1. The van der Waals surface area contributed by atoms with Crippen LogP contribution in [0.25, 0.3) is 11.4 Å². The Bertz CT molecular complexity index is 1170. The zero-order valence-electron chi connectivity index (χ0n) is 17.2. The third-order valence-electron chi connectivity index (χ3n) is 4.90. The quantitative estimate of drug-likeness (QED) is 0.507. The number of nitrogens with one attached hydrogen (secondary N) is 2. The number of hydrogen-bond acceptors (Lipinski definition) is 4. The van der Waals surface area contributed by atoms with Crippen LogP contribution in [0, 0.1) is 13.8 Å². The van der Waals surface area contributed by atoms with Gasteiger partial charge in [-0.15, -0.1) is 0 Å². The van der Waals surface area contributed by atoms with E-state index in [4.69, 9.17) is 0 Å². The van der Waals surface area contributed by atoms with Crippen molar-refractivity contribution in [2.45, 2.75) is 13.8 Å². The van der Waals surface area contributed by atoms with Crippen molar-refractivity contribution in [1.82, 2.24) is 24.6 Å². The summed E-state index contributed by atoms with van der Waals surface area (Å²) in [6, 6.07) is 18.6. The van der Waals surface area contributed by atoms with Gasteiger partial charge in [0.25, 0.3) is 5.91 Å². The zero-order chi connectivity index (χ0) is 21.8. The van der Waals surface area contributed by atoms with Crippen molar-refractivity contribution in [2.24, 2.45) is 0 Å². The second-order valence-corrected chi connectivity index (χ2v) is 7.12. The summed E-state index contributed by atoms with van der Waals surface area (Å²) in [5, 5.41) is 9.46. The average molecular weight is 414 g/mol. The van der Waals surface area contributed by atoms with E-state index in [0.29, 0.717) is 11.3 Å². The van der Waals surface area contributed by atoms with E-state index in [9.17, 15) is 9.59 Å². The molecule has 0 aliphatic rings. The van der Waals surface area contributed by atoms with Crippen molar-refractivity contribution < 1.29 is 9.59 Å². The maximum Gasteiger partial charge on any atom is 0.251 e. The smallest absolute Gasteiger partial charge is 0.251 e. The molecule has 2 amide bonds. The first kappa shape index (κ1) is 20.1. The highest BCUT2D eigenvalue weighted by atomic mass is 16.2. The molecule has 0 unspecified atom stereocenters. The van der Waals surface area contributed by atoms with Crippen LogP contribution in [0.1, 0.15) is 21.7 Å². The number of rotatable bonds is 6. The average Bonchev–Trinajstić information content (AvgIpc) is 3.43. The Labute approximate surface area is 179 Å². The van der Waals surface area contributed by atoms with Gasteiger partial charge in [-0.05, 0) is 74.5 Å². The fraction of sp³-hybridized carbons (Fsp3) is 0.130. The minimum absolute atomic E-state index is 0.124. The number of aryl methyl sites for hydroxylation is 2. The molecule has 2 aromatic heterocycles. The van der Waals surface area contributed by atoms with Crippen molar-refractivity contribution in [3.63, 3.8) is 0 Å². The molecule has 0 atom stereocenters. The molecule has 0 radical (unpaired) electrons. The number of carbonyl (C=O) groups excluding carboxylic acids is 2. The van der Waals surface area contributed by atoms with Crippen LogP contribution >= 0.6 is 0 Å². The van der Waals surface area contributed by atoms with Gasteiger partial charge in [0.1, 0.15) is 12.7 Å². The lowest BCUT2D eigenvalue weighted by atomic mass is 10.2. The highest BCUT2D eigenvalue weighted by Crippen LogP contribution is 2.17. The fourth-order valence-electron chi connectivity index (χ4n) is 3.34. The Kier molecular flexibility index (Phi) is 5.61. The molecule has 4 rings (SSSR count). The molecule has 2 heterocycles. The molecule has 8 heteroatoms. The van der Waals surface area contributed by atoms with Crippen LogP contribution in [0.15, 0.2) is 73.3 Å². The van der Waals surface area contributed by atoms with Gasteiger partial charge in [0.05, 0.1) is 12.2 Å². The van der Waals surface area contributed by atoms with Crippen molar-refractivity contribution in [3.05, 3.63) is 90.3 Å². The predicted octanol–water partition coefficient (Wildman–Crippen LogP) is 3.04. The van der Waals surface area contributed by atoms with E-state index in [1.165, 1.54) is 6.33 Å². The van der Waals surface area contributed by atoms with Crippen molar-refractivity contribution in [3.8, 4) is 11.4 Å². The number of hydrogen-bond donors (Lipinski definition) is 2. The number of benzene rings is 2. The molecule has 0 bridgehead atoms. The highest BCUT2D eigenvalue weighted by Gasteiger charge is 2.10. The molecule has 156 valence electrons. The Morgan fingerprint density at radius 3 is 2.13 bits per heavy atom. The summed E-state index contributed by atoms with van der Waals surface area (Å²) < 4.78 is 3.74. The van der Waals surface area contributed by atoms with Crippen LogP contribution in [0.2, 0.25) is 0 Å². The monoisotopic (exact) mass is 414 g/mol. The van der Waals surface area contributed by atoms with Crippen molar-refractivity contribution in [1.29, 1.82) is 0 Å². The lowest BCUT2D eigenvalue weighted by molar-refractivity contribution is -0.115. The van der Waals surface area contributed by atoms with Gasteiger partial charge >= 0.3 is 0 Å². The second-order valence-electron chi connectivity index (χ2n) is 7.12. The van der Waals surface area contributed by atoms with Crippen LogP contribution < -0.4 is 10.6 Å². The first-order chi connectivity index (χ1) is 15.0. The second kappa shape index (κ2) is 8.66. The highest BCUT2D eigenvalue weighted by molar-refractivity contribution is 5.99. The van der Waals surface area contributed by atoms with Crippen LogP contribution in [-0.4, -0.2) is 37.7 Å². The molecular weight excluding hydrogens is 392 g/mol. The molecule has 0 saturated heterocycles. The Morgan fingerprint density at radius 2 is 1.52 bits per heavy atom. The number of aromatic nitrogens is 4. The topological polar surface area (TPSA) is 93.8 Å². The van der Waals surface area contributed by atoms with Gasteiger partial charge < -0.3 is 15.2 Å². The minimum atomic E-state index is -0.308. The predicted molar refractivity (Wildman–Crippen MR) is 118 cm³/mol. The lowest BCUT2D eigenvalue weighted by Gasteiger charge is -2.11. The summed E-state index contributed by atoms with van der Waals surface area (Å²) >= 11 is 0. The van der Waals surface area contributed by atoms with Crippen LogP contribution in [0.3, 0.4) is 0 Å². The zero-order valence-corrected chi connectivity index (χ0v) is 17.2. The van der Waals surface area contributed by atoms with Gasteiger partial charge in [0.15, 0.2) is 0 Å². The van der Waals surface area contributed by atoms with Gasteiger partial charge in [0.2, 0.25) is 5.91 Å². The summed E-state index contributed by atoms with van der Waals surface area (Å²) in [6.07, 6.45) is 3.05. The van der Waals surface area contributed by atoms with E-state index in [-0.39, 0.29) is 18.4 Å². The number of anilines is 1. The third-order valence-corrected chi connectivity index (χ3v) is 4.90. The van der Waals surface area contributed by atoms with E-state index in [1.807, 2.05) is 38.1 Å². The summed E-state index contributed by atoms with van der Waals surface area (Å²) in [4.78, 5) is 28.5. The van der Waals surface area contributed by atoms with Gasteiger partial charge in [0, 0.05) is 28.3 Å². The molecule has 0 aliphatic heterocycles. The van der Waals surface area contributed by atoms with Gasteiger partial charge in [-0.3, -0.25) is 9.59 Å². The first-order valence-corrected chi connectivity index (χ1v) is 9.80. The summed E-state index contributed by atoms with van der Waals surface area (Å²) in [5.41, 5.74) is 5.20.